The fourth-order valence-electron chi connectivity index (χ4n) is 3.16. The molecule has 1 aliphatic carbocycles. The smallest absolute Gasteiger partial charge is 0.216 e. The molecule has 1 unspecified atom stereocenters. The molecular weight excluding hydrogens is 286 g/mol. The molecule has 1 atom stereocenters. The predicted octanol–water partition coefficient (Wildman–Crippen LogP) is 3.57. The van der Waals surface area contributed by atoms with Gasteiger partial charge in [0, 0.05) is 29.9 Å². The molecule has 0 bridgehead atoms. The first-order valence-corrected chi connectivity index (χ1v) is 7.58. The summed E-state index contributed by atoms with van der Waals surface area (Å²) in [4.78, 5) is 8.96. The van der Waals surface area contributed by atoms with Gasteiger partial charge in [0.05, 0.1) is 5.69 Å². The van der Waals surface area contributed by atoms with Crippen LogP contribution >= 0.6 is 0 Å². The number of rotatable bonds is 3. The van der Waals surface area contributed by atoms with Crippen molar-refractivity contribution in [1.29, 1.82) is 0 Å². The van der Waals surface area contributed by atoms with Gasteiger partial charge in [-0.3, -0.25) is 0 Å². The van der Waals surface area contributed by atoms with Crippen molar-refractivity contribution in [3.63, 3.8) is 0 Å². The van der Waals surface area contributed by atoms with Gasteiger partial charge in [-0.1, -0.05) is 0 Å². The van der Waals surface area contributed by atoms with Gasteiger partial charge < -0.3 is 0 Å². The van der Waals surface area contributed by atoms with E-state index >= 15 is 0 Å². The lowest BCUT2D eigenvalue weighted by Crippen LogP contribution is -2.12. The summed E-state index contributed by atoms with van der Waals surface area (Å²) in [5.74, 6) is -1.99. The van der Waals surface area contributed by atoms with E-state index in [1.165, 1.54) is 0 Å². The van der Waals surface area contributed by atoms with Crippen molar-refractivity contribution in [1.82, 2.24) is 19.7 Å². The Morgan fingerprint density at radius 3 is 2.55 bits per heavy atom. The summed E-state index contributed by atoms with van der Waals surface area (Å²) in [5, 5.41) is 4.39. The Kier molecular flexibility index (Phi) is 3.70. The van der Waals surface area contributed by atoms with Crippen molar-refractivity contribution in [2.45, 2.75) is 52.4 Å². The highest BCUT2D eigenvalue weighted by molar-refractivity contribution is 5.23. The highest BCUT2D eigenvalue weighted by Crippen LogP contribution is 2.40. The molecular formula is C16H20F2N4. The van der Waals surface area contributed by atoms with E-state index in [0.717, 1.165) is 22.8 Å². The number of hydrogen-bond acceptors (Lipinski definition) is 3. The van der Waals surface area contributed by atoms with E-state index in [9.17, 15) is 8.78 Å². The number of halogens is 2. The Bertz CT molecular complexity index is 693. The average Bonchev–Trinajstić information content (AvgIpc) is 2.90. The van der Waals surface area contributed by atoms with Gasteiger partial charge >= 0.3 is 0 Å². The van der Waals surface area contributed by atoms with Gasteiger partial charge in [0.2, 0.25) is 5.92 Å². The fraction of sp³-hybridized carbons (Fsp3) is 0.562. The lowest BCUT2D eigenvalue weighted by molar-refractivity contribution is 0.00505. The zero-order valence-electron chi connectivity index (χ0n) is 13.1. The summed E-state index contributed by atoms with van der Waals surface area (Å²) in [7, 11) is 0. The van der Waals surface area contributed by atoms with Crippen molar-refractivity contribution in [2.75, 3.05) is 0 Å². The second kappa shape index (κ2) is 5.41. The van der Waals surface area contributed by atoms with Crippen LogP contribution in [0.4, 0.5) is 8.78 Å². The van der Waals surface area contributed by atoms with E-state index < -0.39 is 5.92 Å². The van der Waals surface area contributed by atoms with E-state index in [4.69, 9.17) is 0 Å². The normalized spacial score (nSPS) is 20.5. The van der Waals surface area contributed by atoms with Gasteiger partial charge in [-0.15, -0.1) is 0 Å². The standard InChI is InChI=1S/C16H20F2N4/c1-10-7-14(8-13-4-5-16(17,18)9-13)20-15(19-10)22-12(3)6-11(2)21-22/h6-7,13H,4-5,8-9H2,1-3H3. The maximum Gasteiger partial charge on any atom is 0.251 e. The van der Waals surface area contributed by atoms with Gasteiger partial charge in [-0.05, 0) is 51.7 Å². The van der Waals surface area contributed by atoms with Gasteiger partial charge in [0.25, 0.3) is 5.95 Å². The third-order valence-electron chi connectivity index (χ3n) is 4.10. The summed E-state index contributed by atoms with van der Waals surface area (Å²) >= 11 is 0. The Hall–Kier alpha value is -1.85. The molecule has 1 saturated carbocycles. The molecule has 0 spiro atoms. The number of alkyl halides is 2. The van der Waals surface area contributed by atoms with Gasteiger partial charge in [-0.2, -0.15) is 5.10 Å². The molecule has 1 aliphatic rings. The molecule has 0 aliphatic heterocycles. The monoisotopic (exact) mass is 306 g/mol. The van der Waals surface area contributed by atoms with Gasteiger partial charge in [-0.25, -0.2) is 23.4 Å². The van der Waals surface area contributed by atoms with E-state index in [1.54, 1.807) is 4.68 Å². The van der Waals surface area contributed by atoms with Crippen LogP contribution in [-0.4, -0.2) is 25.7 Å². The Balaban J connectivity index is 1.86. The molecule has 2 aromatic rings. The number of aromatic nitrogens is 4. The van der Waals surface area contributed by atoms with E-state index in [2.05, 4.69) is 15.1 Å². The van der Waals surface area contributed by atoms with Crippen LogP contribution in [0, 0.1) is 26.7 Å². The van der Waals surface area contributed by atoms with E-state index in [-0.39, 0.29) is 18.8 Å². The van der Waals surface area contributed by atoms with Crippen molar-refractivity contribution >= 4 is 0 Å². The molecule has 0 N–H and O–H groups in total. The molecule has 0 aromatic carbocycles. The second-order valence-corrected chi connectivity index (χ2v) is 6.31. The van der Waals surface area contributed by atoms with Crippen LogP contribution in [0.2, 0.25) is 0 Å². The number of hydrogen-bond donors (Lipinski definition) is 0. The molecule has 6 heteroatoms. The molecule has 0 saturated heterocycles. The average molecular weight is 306 g/mol. The first-order valence-electron chi connectivity index (χ1n) is 7.58. The third-order valence-corrected chi connectivity index (χ3v) is 4.10. The Morgan fingerprint density at radius 2 is 1.95 bits per heavy atom. The summed E-state index contributed by atoms with van der Waals surface area (Å²) in [6, 6.07) is 3.84. The highest BCUT2D eigenvalue weighted by atomic mass is 19.3. The second-order valence-electron chi connectivity index (χ2n) is 6.31. The number of aryl methyl sites for hydroxylation is 3. The molecule has 2 heterocycles. The molecule has 0 amide bonds. The predicted molar refractivity (Wildman–Crippen MR) is 79.4 cm³/mol. The topological polar surface area (TPSA) is 43.6 Å². The van der Waals surface area contributed by atoms with Crippen LogP contribution in [0.15, 0.2) is 12.1 Å². The van der Waals surface area contributed by atoms with Crippen molar-refractivity contribution in [2.24, 2.45) is 5.92 Å². The molecule has 118 valence electrons. The summed E-state index contributed by atoms with van der Waals surface area (Å²) in [6.07, 6.45) is 1.09. The minimum atomic E-state index is -2.51. The van der Waals surface area contributed by atoms with Crippen molar-refractivity contribution < 1.29 is 8.78 Å². The molecule has 22 heavy (non-hydrogen) atoms. The largest absolute Gasteiger partial charge is 0.251 e. The minimum Gasteiger partial charge on any atom is -0.216 e. The molecule has 4 nitrogen and oxygen atoms in total. The first-order chi connectivity index (χ1) is 10.3. The molecule has 2 aromatic heterocycles. The Morgan fingerprint density at radius 1 is 1.18 bits per heavy atom. The molecule has 1 fully saturated rings. The molecule has 3 rings (SSSR count). The number of nitrogens with zero attached hydrogens (tertiary/aromatic N) is 4. The lowest BCUT2D eigenvalue weighted by atomic mass is 10.0. The summed E-state index contributed by atoms with van der Waals surface area (Å²) in [5.41, 5.74) is 3.51. The van der Waals surface area contributed by atoms with Crippen LogP contribution in [0.5, 0.6) is 0 Å². The van der Waals surface area contributed by atoms with Crippen LogP contribution in [-0.2, 0) is 6.42 Å². The zero-order valence-corrected chi connectivity index (χ0v) is 13.1. The Labute approximate surface area is 128 Å². The van der Waals surface area contributed by atoms with Crippen molar-refractivity contribution in [3.05, 3.63) is 34.9 Å². The first kappa shape index (κ1) is 15.1. The van der Waals surface area contributed by atoms with E-state index in [0.29, 0.717) is 18.8 Å². The van der Waals surface area contributed by atoms with Gasteiger partial charge in [0.15, 0.2) is 0 Å². The third kappa shape index (κ3) is 3.15. The van der Waals surface area contributed by atoms with E-state index in [1.807, 2.05) is 32.9 Å². The quantitative estimate of drug-likeness (QED) is 0.871. The lowest BCUT2D eigenvalue weighted by Gasteiger charge is -2.12. The maximum atomic E-state index is 13.3. The van der Waals surface area contributed by atoms with Crippen LogP contribution in [0.3, 0.4) is 0 Å². The van der Waals surface area contributed by atoms with Crippen LogP contribution in [0.1, 0.15) is 42.0 Å². The SMILES string of the molecule is Cc1cc(CC2CCC(F)(F)C2)nc(-n2nc(C)cc2C)n1. The van der Waals surface area contributed by atoms with Crippen LogP contribution < -0.4 is 0 Å². The zero-order chi connectivity index (χ0) is 15.9. The highest BCUT2D eigenvalue weighted by Gasteiger charge is 2.39. The minimum absolute atomic E-state index is 0.00222. The fourth-order valence-corrected chi connectivity index (χ4v) is 3.16. The summed E-state index contributed by atoms with van der Waals surface area (Å²) in [6.45, 7) is 5.76. The van der Waals surface area contributed by atoms with Crippen LogP contribution in [0.25, 0.3) is 5.95 Å². The van der Waals surface area contributed by atoms with Gasteiger partial charge in [0.1, 0.15) is 0 Å². The maximum absolute atomic E-state index is 13.3. The molecule has 0 radical (unpaired) electrons. The summed E-state index contributed by atoms with van der Waals surface area (Å²) < 4.78 is 28.4. The van der Waals surface area contributed by atoms with Crippen molar-refractivity contribution in [3.8, 4) is 5.95 Å².